The quantitative estimate of drug-likeness (QED) is 0.812. The van der Waals surface area contributed by atoms with E-state index < -0.39 is 0 Å². The first kappa shape index (κ1) is 20.2. The summed E-state index contributed by atoms with van der Waals surface area (Å²) in [6.45, 7) is 7.77. The molecule has 2 saturated heterocycles. The van der Waals surface area contributed by atoms with Gasteiger partial charge in [0.2, 0.25) is 5.91 Å². The van der Waals surface area contributed by atoms with Crippen LogP contribution < -0.4 is 5.32 Å². The molecule has 0 bridgehead atoms. The molecule has 156 valence electrons. The summed E-state index contributed by atoms with van der Waals surface area (Å²) in [4.78, 5) is 17.8. The number of hydrogen-bond acceptors (Lipinski definition) is 4. The number of nitrogens with zero attached hydrogens (tertiary/aromatic N) is 2. The van der Waals surface area contributed by atoms with Crippen LogP contribution in [0.15, 0.2) is 46.9 Å². The Labute approximate surface area is 174 Å². The summed E-state index contributed by atoms with van der Waals surface area (Å²) < 4.78 is 5.73. The molecule has 2 aliphatic heterocycles. The highest BCUT2D eigenvalue weighted by Crippen LogP contribution is 2.25. The fraction of sp³-hybridized carbons (Fsp3) is 0.542. The third-order valence-electron chi connectivity index (χ3n) is 6.38. The number of likely N-dealkylation sites (tertiary alicyclic amines) is 2. The lowest BCUT2D eigenvalue weighted by atomic mass is 9.93. The van der Waals surface area contributed by atoms with Crippen LogP contribution in [0.3, 0.4) is 0 Å². The van der Waals surface area contributed by atoms with Crippen molar-refractivity contribution in [1.82, 2.24) is 15.1 Å². The number of nitrogens with one attached hydrogen (secondary N) is 1. The largest absolute Gasteiger partial charge is 0.465 e. The standard InChI is InChI=1S/C24H33N3O2/c1-19-9-10-23(29-19)18-26-14-11-22(12-15-26)27-13-5-8-21(17-27)24(28)25-16-20-6-3-2-4-7-20/h2-4,6-7,9-10,21-22H,5,8,11-18H2,1H3,(H,25,28)/t21-/m0/s1. The maximum atomic E-state index is 12.7. The summed E-state index contributed by atoms with van der Waals surface area (Å²) in [5.74, 6) is 2.38. The van der Waals surface area contributed by atoms with Gasteiger partial charge in [-0.1, -0.05) is 30.3 Å². The number of carbonyl (C=O) groups excluding carboxylic acids is 1. The number of hydrogen-bond donors (Lipinski definition) is 1. The van der Waals surface area contributed by atoms with Gasteiger partial charge >= 0.3 is 0 Å². The van der Waals surface area contributed by atoms with Gasteiger partial charge in [0.05, 0.1) is 12.5 Å². The lowest BCUT2D eigenvalue weighted by Gasteiger charge is -2.41. The van der Waals surface area contributed by atoms with Crippen LogP contribution in [0.4, 0.5) is 0 Å². The lowest BCUT2D eigenvalue weighted by Crippen LogP contribution is -2.50. The third kappa shape index (κ3) is 5.49. The molecule has 1 N–H and O–H groups in total. The molecule has 1 aromatic heterocycles. The van der Waals surface area contributed by atoms with E-state index in [-0.39, 0.29) is 11.8 Å². The van der Waals surface area contributed by atoms with Crippen LogP contribution in [0.5, 0.6) is 0 Å². The summed E-state index contributed by atoms with van der Waals surface area (Å²) in [5, 5.41) is 3.14. The van der Waals surface area contributed by atoms with Crippen molar-refractivity contribution in [3.8, 4) is 0 Å². The lowest BCUT2D eigenvalue weighted by molar-refractivity contribution is -0.127. The Morgan fingerprint density at radius 3 is 2.59 bits per heavy atom. The van der Waals surface area contributed by atoms with Crippen LogP contribution in [-0.4, -0.2) is 47.9 Å². The van der Waals surface area contributed by atoms with Gasteiger partial charge in [-0.3, -0.25) is 14.6 Å². The Bertz CT molecular complexity index is 780. The molecule has 5 heteroatoms. The molecule has 3 heterocycles. The van der Waals surface area contributed by atoms with Crippen molar-refractivity contribution in [3.05, 3.63) is 59.5 Å². The maximum absolute atomic E-state index is 12.7. The smallest absolute Gasteiger partial charge is 0.224 e. The highest BCUT2D eigenvalue weighted by atomic mass is 16.3. The molecule has 0 saturated carbocycles. The second-order valence-electron chi connectivity index (χ2n) is 8.56. The van der Waals surface area contributed by atoms with Crippen LogP contribution in [0.2, 0.25) is 0 Å². The molecule has 0 unspecified atom stereocenters. The average Bonchev–Trinajstić information content (AvgIpc) is 3.18. The highest BCUT2D eigenvalue weighted by Gasteiger charge is 2.31. The van der Waals surface area contributed by atoms with Crippen molar-refractivity contribution in [1.29, 1.82) is 0 Å². The molecule has 1 amide bonds. The fourth-order valence-electron chi connectivity index (χ4n) is 4.71. The first-order valence-electron chi connectivity index (χ1n) is 11.0. The first-order chi connectivity index (χ1) is 14.2. The van der Waals surface area contributed by atoms with Crippen LogP contribution in [-0.2, 0) is 17.9 Å². The number of benzene rings is 1. The van der Waals surface area contributed by atoms with E-state index >= 15 is 0 Å². The van der Waals surface area contributed by atoms with Gasteiger partial charge in [-0.25, -0.2) is 0 Å². The molecule has 0 radical (unpaired) electrons. The molecule has 1 aromatic carbocycles. The van der Waals surface area contributed by atoms with E-state index in [1.54, 1.807) is 0 Å². The Balaban J connectivity index is 1.23. The zero-order valence-electron chi connectivity index (χ0n) is 17.5. The minimum atomic E-state index is 0.122. The minimum absolute atomic E-state index is 0.122. The first-order valence-corrected chi connectivity index (χ1v) is 11.0. The Kier molecular flexibility index (Phi) is 6.67. The normalized spacial score (nSPS) is 21.9. The molecule has 5 nitrogen and oxygen atoms in total. The SMILES string of the molecule is Cc1ccc(CN2CCC(N3CCC[C@H](C(=O)NCc4ccccc4)C3)CC2)o1. The van der Waals surface area contributed by atoms with Crippen molar-refractivity contribution in [2.75, 3.05) is 26.2 Å². The predicted molar refractivity (Wildman–Crippen MR) is 114 cm³/mol. The summed E-state index contributed by atoms with van der Waals surface area (Å²) >= 11 is 0. The molecule has 2 fully saturated rings. The monoisotopic (exact) mass is 395 g/mol. The second-order valence-corrected chi connectivity index (χ2v) is 8.56. The van der Waals surface area contributed by atoms with Crippen LogP contribution in [0.25, 0.3) is 0 Å². The summed E-state index contributed by atoms with van der Waals surface area (Å²) in [6.07, 6.45) is 4.49. The molecular formula is C24H33N3O2. The fourth-order valence-corrected chi connectivity index (χ4v) is 4.71. The van der Waals surface area contributed by atoms with E-state index in [1.807, 2.05) is 31.2 Å². The molecule has 29 heavy (non-hydrogen) atoms. The third-order valence-corrected chi connectivity index (χ3v) is 6.38. The highest BCUT2D eigenvalue weighted by molar-refractivity contribution is 5.79. The summed E-state index contributed by atoms with van der Waals surface area (Å²) in [7, 11) is 0. The van der Waals surface area contributed by atoms with Gasteiger partial charge in [0.1, 0.15) is 11.5 Å². The van der Waals surface area contributed by atoms with Crippen molar-refractivity contribution in [2.24, 2.45) is 5.92 Å². The number of piperidine rings is 2. The number of aryl methyl sites for hydroxylation is 1. The zero-order chi connectivity index (χ0) is 20.1. The molecule has 1 atom stereocenters. The van der Waals surface area contributed by atoms with Gasteiger partial charge in [-0.2, -0.15) is 0 Å². The maximum Gasteiger partial charge on any atom is 0.224 e. The average molecular weight is 396 g/mol. The van der Waals surface area contributed by atoms with Gasteiger partial charge in [-0.05, 0) is 56.8 Å². The predicted octanol–water partition coefficient (Wildman–Crippen LogP) is 3.58. The van der Waals surface area contributed by atoms with E-state index in [0.717, 1.165) is 62.6 Å². The Morgan fingerprint density at radius 2 is 1.86 bits per heavy atom. The summed E-state index contributed by atoms with van der Waals surface area (Å²) in [6, 6.07) is 14.9. The molecule has 0 aliphatic carbocycles. The van der Waals surface area contributed by atoms with Crippen LogP contribution in [0, 0.1) is 12.8 Å². The van der Waals surface area contributed by atoms with Crippen molar-refractivity contribution < 1.29 is 9.21 Å². The molecule has 2 aliphatic rings. The molecule has 0 spiro atoms. The van der Waals surface area contributed by atoms with Crippen molar-refractivity contribution in [2.45, 2.75) is 51.7 Å². The molecule has 4 rings (SSSR count). The minimum Gasteiger partial charge on any atom is -0.465 e. The van der Waals surface area contributed by atoms with E-state index in [2.05, 4.69) is 33.3 Å². The molecular weight excluding hydrogens is 362 g/mol. The number of carbonyl (C=O) groups is 1. The Hall–Kier alpha value is -2.11. The van der Waals surface area contributed by atoms with Gasteiger partial charge in [0.25, 0.3) is 0 Å². The van der Waals surface area contributed by atoms with Gasteiger partial charge < -0.3 is 9.73 Å². The van der Waals surface area contributed by atoms with Crippen LogP contribution in [0.1, 0.15) is 42.8 Å². The number of furan rings is 1. The van der Waals surface area contributed by atoms with E-state index in [1.165, 1.54) is 12.8 Å². The van der Waals surface area contributed by atoms with Gasteiger partial charge in [0, 0.05) is 32.2 Å². The Morgan fingerprint density at radius 1 is 1.07 bits per heavy atom. The zero-order valence-corrected chi connectivity index (χ0v) is 17.5. The van der Waals surface area contributed by atoms with Crippen LogP contribution >= 0.6 is 0 Å². The van der Waals surface area contributed by atoms with Crippen molar-refractivity contribution in [3.63, 3.8) is 0 Å². The van der Waals surface area contributed by atoms with E-state index in [4.69, 9.17) is 4.42 Å². The van der Waals surface area contributed by atoms with E-state index in [0.29, 0.717) is 12.6 Å². The second kappa shape index (κ2) is 9.59. The van der Waals surface area contributed by atoms with Crippen molar-refractivity contribution >= 4 is 5.91 Å². The van der Waals surface area contributed by atoms with Gasteiger partial charge in [-0.15, -0.1) is 0 Å². The van der Waals surface area contributed by atoms with E-state index in [9.17, 15) is 4.79 Å². The molecule has 2 aromatic rings. The number of rotatable bonds is 6. The van der Waals surface area contributed by atoms with Gasteiger partial charge in [0.15, 0.2) is 0 Å². The topological polar surface area (TPSA) is 48.7 Å². The number of amides is 1. The summed E-state index contributed by atoms with van der Waals surface area (Å²) in [5.41, 5.74) is 1.16.